The average Bonchev–Trinajstić information content (AvgIpc) is 3.01. The van der Waals surface area contributed by atoms with E-state index in [0.717, 1.165) is 54.9 Å². The van der Waals surface area contributed by atoms with Crippen LogP contribution in [-0.4, -0.2) is 21.4 Å². The first kappa shape index (κ1) is 22.8. The van der Waals surface area contributed by atoms with Crippen LogP contribution in [0.3, 0.4) is 0 Å². The monoisotopic (exact) mass is 546 g/mol. The lowest BCUT2D eigenvalue weighted by atomic mass is 9.76. The molecule has 0 unspecified atom stereocenters. The van der Waals surface area contributed by atoms with Gasteiger partial charge in [0.1, 0.15) is 0 Å². The molecule has 0 aromatic heterocycles. The van der Waals surface area contributed by atoms with Crippen LogP contribution < -0.4 is 0 Å². The number of carbonyl (C=O) groups excluding carboxylic acids is 2. The molecule has 0 fully saturated rings. The molecule has 0 bridgehead atoms. The van der Waals surface area contributed by atoms with Crippen LogP contribution >= 0.6 is 0 Å². The van der Waals surface area contributed by atoms with Gasteiger partial charge in [0.05, 0.1) is 15.4 Å². The van der Waals surface area contributed by atoms with Gasteiger partial charge in [-0.1, -0.05) is 60.7 Å². The molecule has 42 heavy (non-hydrogen) atoms. The van der Waals surface area contributed by atoms with Crippen molar-refractivity contribution >= 4 is 66.0 Å². The van der Waals surface area contributed by atoms with Crippen molar-refractivity contribution in [3.63, 3.8) is 0 Å². The Morgan fingerprint density at radius 1 is 0.429 bits per heavy atom. The number of fused-ring (bicyclic) bond motifs is 6. The minimum absolute atomic E-state index is 0.0334. The molecule has 0 heterocycles. The molecule has 0 spiro atoms. The Kier molecular flexibility index (Phi) is 4.00. The van der Waals surface area contributed by atoms with Crippen molar-refractivity contribution in [1.82, 2.24) is 0 Å². The molecule has 2 aliphatic rings. The Hall–Kier alpha value is -6.02. The molecule has 2 aliphatic carbocycles. The van der Waals surface area contributed by atoms with E-state index in [-0.39, 0.29) is 16.9 Å². The van der Waals surface area contributed by atoms with Crippen molar-refractivity contribution in [2.75, 3.05) is 0 Å². The quantitative estimate of drug-likeness (QED) is 0.0938. The molecule has 0 radical (unpaired) electrons. The van der Waals surface area contributed by atoms with Crippen molar-refractivity contribution in [1.29, 1.82) is 0 Å². The maximum Gasteiger partial charge on any atom is 0.354 e. The normalized spacial score (nSPS) is 13.2. The summed E-state index contributed by atoms with van der Waals surface area (Å²) >= 11 is 0. The summed E-state index contributed by atoms with van der Waals surface area (Å²) in [5.74, 6) is -0.452. The van der Waals surface area contributed by atoms with Gasteiger partial charge < -0.3 is 0 Å². The number of carbonyl (C=O) groups is 2. The van der Waals surface area contributed by atoms with Gasteiger partial charge in [-0.25, -0.2) is 0 Å². The molecule has 0 saturated carbocycles. The molecule has 8 heteroatoms. The molecule has 196 valence electrons. The third-order valence-corrected chi connectivity index (χ3v) is 8.90. The summed E-state index contributed by atoms with van der Waals surface area (Å²) in [5.41, 5.74) is 2.62. The van der Waals surface area contributed by atoms with Crippen molar-refractivity contribution in [3.8, 4) is 22.3 Å². The van der Waals surface area contributed by atoms with Crippen molar-refractivity contribution < 1.29 is 19.4 Å². The lowest BCUT2D eigenvalue weighted by Gasteiger charge is -2.25. The lowest BCUT2D eigenvalue weighted by molar-refractivity contribution is -0.422. The summed E-state index contributed by atoms with van der Waals surface area (Å²) in [4.78, 5) is 49.7. The molecule has 0 saturated heterocycles. The van der Waals surface area contributed by atoms with E-state index in [1.54, 1.807) is 12.1 Å². The Morgan fingerprint density at radius 3 is 1.48 bits per heavy atom. The Bertz CT molecular complexity index is 2490. The SMILES string of the molecule is O=C1c2ccccc2-c2ccc3c4ccc5c6c(ccc(c7ccc1c2c73)c64)C(=O)c1ccc([N+](=O)[O-])c([N+](=O)[O-])c1-5. The zero-order valence-corrected chi connectivity index (χ0v) is 21.4. The number of hydrogen-bond donors (Lipinski definition) is 0. The second kappa shape index (κ2) is 7.38. The first-order chi connectivity index (χ1) is 20.4. The van der Waals surface area contributed by atoms with Gasteiger partial charge in [0.25, 0.3) is 0 Å². The Labute approximate surface area is 235 Å². The summed E-state index contributed by atoms with van der Waals surface area (Å²) in [6.07, 6.45) is 0. The van der Waals surface area contributed by atoms with E-state index < -0.39 is 27.0 Å². The molecule has 8 nitrogen and oxygen atoms in total. The van der Waals surface area contributed by atoms with E-state index in [1.165, 1.54) is 6.07 Å². The van der Waals surface area contributed by atoms with E-state index in [2.05, 4.69) is 0 Å². The topological polar surface area (TPSA) is 120 Å². The highest BCUT2D eigenvalue weighted by Gasteiger charge is 2.38. The maximum atomic E-state index is 13.8. The number of nitrogens with zero attached hydrogens (tertiary/aromatic N) is 2. The molecule has 7 aromatic carbocycles. The zero-order chi connectivity index (χ0) is 28.6. The number of ketones is 2. The molecule has 0 N–H and O–H groups in total. The van der Waals surface area contributed by atoms with E-state index >= 15 is 0 Å². The summed E-state index contributed by atoms with van der Waals surface area (Å²) in [6.45, 7) is 0. The van der Waals surface area contributed by atoms with Crippen molar-refractivity contribution in [3.05, 3.63) is 127 Å². The second-order valence-corrected chi connectivity index (χ2v) is 10.7. The van der Waals surface area contributed by atoms with Gasteiger partial charge in [0.15, 0.2) is 11.6 Å². The molecule has 0 aliphatic heterocycles. The number of nitro groups is 2. The fourth-order valence-corrected chi connectivity index (χ4v) is 7.28. The van der Waals surface area contributed by atoms with Crippen LogP contribution in [0.15, 0.2) is 84.9 Å². The summed E-state index contributed by atoms with van der Waals surface area (Å²) in [6, 6.07) is 24.9. The van der Waals surface area contributed by atoms with Gasteiger partial charge in [-0.05, 0) is 67.2 Å². The minimum Gasteiger partial charge on any atom is -0.289 e. The lowest BCUT2D eigenvalue weighted by Crippen LogP contribution is -2.13. The van der Waals surface area contributed by atoms with Crippen molar-refractivity contribution in [2.24, 2.45) is 0 Å². The van der Waals surface area contributed by atoms with Crippen LogP contribution in [-0.2, 0) is 0 Å². The van der Waals surface area contributed by atoms with E-state index in [1.807, 2.05) is 60.7 Å². The van der Waals surface area contributed by atoms with Crippen LogP contribution in [0.25, 0.3) is 65.3 Å². The highest BCUT2D eigenvalue weighted by molar-refractivity contribution is 6.41. The van der Waals surface area contributed by atoms with Crippen LogP contribution in [0.1, 0.15) is 31.8 Å². The third kappa shape index (κ3) is 2.48. The standard InChI is InChI=1S/C34H14N2O6/c37-33-21-4-2-1-3-15(21)16-5-6-17-18-7-10-22-30-24(12-9-20(28(18)30)19-8-11-23(33)29(16)27(17)19)34(38)25-13-14-26(35(39)40)32(31(22)25)36(41)42/h1-14H. The molecule has 7 aromatic rings. The van der Waals surface area contributed by atoms with E-state index in [4.69, 9.17) is 0 Å². The van der Waals surface area contributed by atoms with Gasteiger partial charge in [-0.3, -0.25) is 29.8 Å². The first-order valence-electron chi connectivity index (χ1n) is 13.2. The Morgan fingerprint density at radius 2 is 0.905 bits per heavy atom. The summed E-state index contributed by atoms with van der Waals surface area (Å²) in [7, 11) is 0. The van der Waals surface area contributed by atoms with E-state index in [9.17, 15) is 29.8 Å². The Balaban J connectivity index is 1.48. The predicted octanol–water partition coefficient (Wildman–Crippen LogP) is 7.98. The summed E-state index contributed by atoms with van der Waals surface area (Å²) < 4.78 is 0. The van der Waals surface area contributed by atoms with Crippen LogP contribution in [0.4, 0.5) is 11.4 Å². The van der Waals surface area contributed by atoms with E-state index in [0.29, 0.717) is 27.6 Å². The van der Waals surface area contributed by atoms with Crippen LogP contribution in [0.2, 0.25) is 0 Å². The second-order valence-electron chi connectivity index (χ2n) is 10.7. The molecular weight excluding hydrogens is 532 g/mol. The van der Waals surface area contributed by atoms with Gasteiger partial charge in [0.2, 0.25) is 0 Å². The smallest absolute Gasteiger partial charge is 0.289 e. The third-order valence-electron chi connectivity index (χ3n) is 8.90. The highest BCUT2D eigenvalue weighted by atomic mass is 16.6. The van der Waals surface area contributed by atoms with Crippen LogP contribution in [0.5, 0.6) is 0 Å². The number of benzene rings is 7. The van der Waals surface area contributed by atoms with Gasteiger partial charge in [-0.2, -0.15) is 0 Å². The van der Waals surface area contributed by atoms with Gasteiger partial charge in [0, 0.05) is 39.1 Å². The van der Waals surface area contributed by atoms with Gasteiger partial charge >= 0.3 is 11.4 Å². The largest absolute Gasteiger partial charge is 0.354 e. The fourth-order valence-electron chi connectivity index (χ4n) is 7.28. The number of hydrogen-bond acceptors (Lipinski definition) is 6. The molecule has 0 amide bonds. The minimum atomic E-state index is -0.793. The molecule has 0 atom stereocenters. The number of nitro benzene ring substituents is 2. The first-order valence-corrected chi connectivity index (χ1v) is 13.2. The number of rotatable bonds is 2. The molecule has 9 rings (SSSR count). The average molecular weight is 546 g/mol. The summed E-state index contributed by atoms with van der Waals surface area (Å²) in [5, 5.41) is 30.5. The zero-order valence-electron chi connectivity index (χ0n) is 21.4. The van der Waals surface area contributed by atoms with Gasteiger partial charge in [-0.15, -0.1) is 0 Å². The molecular formula is C34H14N2O6. The highest BCUT2D eigenvalue weighted by Crippen LogP contribution is 2.52. The fraction of sp³-hybridized carbons (Fsp3) is 0. The van der Waals surface area contributed by atoms with Crippen LogP contribution in [0, 0.1) is 20.2 Å². The predicted molar refractivity (Wildman–Crippen MR) is 159 cm³/mol. The van der Waals surface area contributed by atoms with Crippen molar-refractivity contribution in [2.45, 2.75) is 0 Å². The maximum absolute atomic E-state index is 13.8.